The second kappa shape index (κ2) is 7.07. The molecule has 5 nitrogen and oxygen atoms in total. The number of likely N-dealkylation sites (tertiary alicyclic amines) is 1. The number of amides is 1. The molecule has 2 heterocycles. The maximum Gasteiger partial charge on any atom is 0.234 e. The number of rotatable bonds is 5. The fourth-order valence-electron chi connectivity index (χ4n) is 2.67. The smallest absolute Gasteiger partial charge is 0.234 e. The number of nitrogens with one attached hydrogen (secondary N) is 1. The molecule has 2 rings (SSSR count). The van der Waals surface area contributed by atoms with E-state index in [4.69, 9.17) is 10.5 Å². The van der Waals surface area contributed by atoms with Crippen LogP contribution >= 0.6 is 0 Å². The van der Waals surface area contributed by atoms with Crippen LogP contribution in [0.1, 0.15) is 25.7 Å². The molecule has 104 valence electrons. The molecule has 1 unspecified atom stereocenters. The van der Waals surface area contributed by atoms with Crippen LogP contribution in [0.4, 0.5) is 0 Å². The first kappa shape index (κ1) is 13.8. The Morgan fingerprint density at radius 2 is 2.11 bits per heavy atom. The summed E-state index contributed by atoms with van der Waals surface area (Å²) in [5.74, 6) is 0.771. The highest BCUT2D eigenvalue weighted by Crippen LogP contribution is 2.15. The normalized spacial score (nSPS) is 26.4. The van der Waals surface area contributed by atoms with Crippen molar-refractivity contribution in [1.82, 2.24) is 10.2 Å². The predicted molar refractivity (Wildman–Crippen MR) is 70.2 cm³/mol. The maximum atomic E-state index is 11.8. The number of nitrogens with zero attached hydrogens (tertiary/aromatic N) is 1. The van der Waals surface area contributed by atoms with Gasteiger partial charge in [0.15, 0.2) is 0 Å². The molecular formula is C13H25N3O2. The van der Waals surface area contributed by atoms with Crippen molar-refractivity contribution in [2.75, 3.05) is 39.3 Å². The third-order valence-corrected chi connectivity index (χ3v) is 3.96. The van der Waals surface area contributed by atoms with Gasteiger partial charge in [-0.2, -0.15) is 0 Å². The Labute approximate surface area is 109 Å². The standard InChI is InChI=1S/C13H25N3O2/c14-8-11-3-5-16(6-4-11)10-13(17)15-9-12-2-1-7-18-12/h11-12H,1-10,14H2,(H,15,17). The van der Waals surface area contributed by atoms with E-state index in [0.29, 0.717) is 19.0 Å². The molecule has 0 aliphatic carbocycles. The summed E-state index contributed by atoms with van der Waals surface area (Å²) in [5, 5.41) is 2.97. The Morgan fingerprint density at radius 1 is 1.33 bits per heavy atom. The lowest BCUT2D eigenvalue weighted by Crippen LogP contribution is -2.43. The Morgan fingerprint density at radius 3 is 2.72 bits per heavy atom. The fourth-order valence-corrected chi connectivity index (χ4v) is 2.67. The van der Waals surface area contributed by atoms with Gasteiger partial charge in [-0.05, 0) is 51.2 Å². The quantitative estimate of drug-likeness (QED) is 0.723. The molecule has 0 aromatic rings. The van der Waals surface area contributed by atoms with Crippen LogP contribution in [0.2, 0.25) is 0 Å². The summed E-state index contributed by atoms with van der Waals surface area (Å²) >= 11 is 0. The van der Waals surface area contributed by atoms with E-state index in [1.165, 1.54) is 0 Å². The van der Waals surface area contributed by atoms with Crippen LogP contribution in [-0.4, -0.2) is 56.2 Å². The van der Waals surface area contributed by atoms with E-state index in [-0.39, 0.29) is 12.0 Å². The van der Waals surface area contributed by atoms with Gasteiger partial charge in [0, 0.05) is 13.2 Å². The summed E-state index contributed by atoms with van der Waals surface area (Å²) in [5.41, 5.74) is 5.66. The Hall–Kier alpha value is -0.650. The molecule has 2 saturated heterocycles. The van der Waals surface area contributed by atoms with Crippen LogP contribution in [0.3, 0.4) is 0 Å². The molecule has 2 fully saturated rings. The van der Waals surface area contributed by atoms with E-state index in [1.807, 2.05) is 0 Å². The lowest BCUT2D eigenvalue weighted by atomic mass is 9.97. The van der Waals surface area contributed by atoms with Gasteiger partial charge in [0.05, 0.1) is 12.6 Å². The van der Waals surface area contributed by atoms with Gasteiger partial charge in [0.25, 0.3) is 0 Å². The summed E-state index contributed by atoms with van der Waals surface area (Å²) < 4.78 is 5.48. The van der Waals surface area contributed by atoms with Crippen LogP contribution in [0, 0.1) is 5.92 Å². The second-order valence-electron chi connectivity index (χ2n) is 5.39. The lowest BCUT2D eigenvalue weighted by Gasteiger charge is -2.30. The zero-order valence-corrected chi connectivity index (χ0v) is 11.1. The number of hydrogen-bond acceptors (Lipinski definition) is 4. The first-order valence-corrected chi connectivity index (χ1v) is 7.08. The third-order valence-electron chi connectivity index (χ3n) is 3.96. The highest BCUT2D eigenvalue weighted by Gasteiger charge is 2.21. The van der Waals surface area contributed by atoms with E-state index in [1.54, 1.807) is 0 Å². The van der Waals surface area contributed by atoms with Gasteiger partial charge in [0.1, 0.15) is 0 Å². The van der Waals surface area contributed by atoms with Crippen LogP contribution in [0.5, 0.6) is 0 Å². The van der Waals surface area contributed by atoms with E-state index >= 15 is 0 Å². The van der Waals surface area contributed by atoms with Gasteiger partial charge in [-0.3, -0.25) is 9.69 Å². The molecule has 1 atom stereocenters. The highest BCUT2D eigenvalue weighted by atomic mass is 16.5. The van der Waals surface area contributed by atoms with Gasteiger partial charge in [-0.15, -0.1) is 0 Å². The monoisotopic (exact) mass is 255 g/mol. The minimum Gasteiger partial charge on any atom is -0.376 e. The van der Waals surface area contributed by atoms with Crippen molar-refractivity contribution in [2.45, 2.75) is 31.8 Å². The Kier molecular flexibility index (Phi) is 5.41. The number of nitrogens with two attached hydrogens (primary N) is 1. The topological polar surface area (TPSA) is 67.6 Å². The molecule has 5 heteroatoms. The van der Waals surface area contributed by atoms with Crippen molar-refractivity contribution in [3.8, 4) is 0 Å². The molecule has 0 saturated carbocycles. The molecule has 2 aliphatic heterocycles. The third kappa shape index (κ3) is 4.23. The summed E-state index contributed by atoms with van der Waals surface area (Å²) in [6.07, 6.45) is 4.66. The first-order valence-electron chi connectivity index (χ1n) is 7.08. The number of carbonyl (C=O) groups excluding carboxylic acids is 1. The summed E-state index contributed by atoms with van der Waals surface area (Å²) in [7, 11) is 0. The molecule has 18 heavy (non-hydrogen) atoms. The predicted octanol–water partition coefficient (Wildman–Crippen LogP) is -0.0477. The van der Waals surface area contributed by atoms with Crippen molar-refractivity contribution in [3.05, 3.63) is 0 Å². The molecule has 0 aromatic carbocycles. The van der Waals surface area contributed by atoms with Gasteiger partial charge in [-0.1, -0.05) is 0 Å². The molecule has 0 spiro atoms. The first-order chi connectivity index (χ1) is 8.78. The fraction of sp³-hybridized carbons (Fsp3) is 0.923. The zero-order valence-electron chi connectivity index (χ0n) is 11.1. The minimum absolute atomic E-state index is 0.122. The second-order valence-corrected chi connectivity index (χ2v) is 5.39. The Balaban J connectivity index is 1.59. The van der Waals surface area contributed by atoms with E-state index in [0.717, 1.165) is 51.9 Å². The van der Waals surface area contributed by atoms with E-state index in [9.17, 15) is 4.79 Å². The molecule has 0 bridgehead atoms. The van der Waals surface area contributed by atoms with Crippen LogP contribution in [0.15, 0.2) is 0 Å². The van der Waals surface area contributed by atoms with Gasteiger partial charge < -0.3 is 15.8 Å². The maximum absolute atomic E-state index is 11.8. The number of piperidine rings is 1. The molecule has 0 radical (unpaired) electrons. The van der Waals surface area contributed by atoms with Crippen molar-refractivity contribution in [1.29, 1.82) is 0 Å². The summed E-state index contributed by atoms with van der Waals surface area (Å²) in [6, 6.07) is 0. The highest BCUT2D eigenvalue weighted by molar-refractivity contribution is 5.78. The molecular weight excluding hydrogens is 230 g/mol. The summed E-state index contributed by atoms with van der Waals surface area (Å²) in [6.45, 7) is 4.79. The molecule has 2 aliphatic rings. The number of hydrogen-bond donors (Lipinski definition) is 2. The number of carbonyl (C=O) groups is 1. The lowest BCUT2D eigenvalue weighted by molar-refractivity contribution is -0.123. The Bertz CT molecular complexity index is 259. The zero-order chi connectivity index (χ0) is 12.8. The largest absolute Gasteiger partial charge is 0.376 e. The van der Waals surface area contributed by atoms with Crippen LogP contribution < -0.4 is 11.1 Å². The molecule has 3 N–H and O–H groups in total. The van der Waals surface area contributed by atoms with Gasteiger partial charge >= 0.3 is 0 Å². The molecule has 0 aromatic heterocycles. The van der Waals surface area contributed by atoms with E-state index < -0.39 is 0 Å². The number of ether oxygens (including phenoxy) is 1. The van der Waals surface area contributed by atoms with Crippen LogP contribution in [0.25, 0.3) is 0 Å². The SMILES string of the molecule is NCC1CCN(CC(=O)NCC2CCCO2)CC1. The van der Waals surface area contributed by atoms with Gasteiger partial charge in [-0.25, -0.2) is 0 Å². The van der Waals surface area contributed by atoms with Crippen molar-refractivity contribution < 1.29 is 9.53 Å². The van der Waals surface area contributed by atoms with Gasteiger partial charge in [0.2, 0.25) is 5.91 Å². The summed E-state index contributed by atoms with van der Waals surface area (Å²) in [4.78, 5) is 14.0. The van der Waals surface area contributed by atoms with Crippen molar-refractivity contribution >= 4 is 5.91 Å². The minimum atomic E-state index is 0.122. The van der Waals surface area contributed by atoms with Crippen molar-refractivity contribution in [3.63, 3.8) is 0 Å². The van der Waals surface area contributed by atoms with E-state index in [2.05, 4.69) is 10.2 Å². The molecule has 1 amide bonds. The average Bonchev–Trinajstić information content (AvgIpc) is 2.90. The van der Waals surface area contributed by atoms with Crippen molar-refractivity contribution in [2.24, 2.45) is 11.7 Å². The average molecular weight is 255 g/mol. The van der Waals surface area contributed by atoms with Crippen LogP contribution in [-0.2, 0) is 9.53 Å².